The molecule has 0 bridgehead atoms. The molecule has 3 rings (SSSR count). The second-order valence-corrected chi connectivity index (χ2v) is 6.07. The zero-order chi connectivity index (χ0) is 16.0. The lowest BCUT2D eigenvalue weighted by atomic mass is 9.76. The van der Waals surface area contributed by atoms with E-state index in [1.807, 2.05) is 13.8 Å². The molecule has 114 valence electrons. The van der Waals surface area contributed by atoms with Crippen molar-refractivity contribution < 1.29 is 19.5 Å². The van der Waals surface area contributed by atoms with Crippen LogP contribution in [0.1, 0.15) is 30.6 Å². The van der Waals surface area contributed by atoms with Gasteiger partial charge in [-0.05, 0) is 43.5 Å². The van der Waals surface area contributed by atoms with E-state index >= 15 is 0 Å². The van der Waals surface area contributed by atoms with Gasteiger partial charge in [0.1, 0.15) is 0 Å². The summed E-state index contributed by atoms with van der Waals surface area (Å²) in [6.45, 7) is 3.94. The Hall–Kier alpha value is -2.43. The van der Waals surface area contributed by atoms with E-state index in [4.69, 9.17) is 5.11 Å². The minimum Gasteiger partial charge on any atom is -0.478 e. The van der Waals surface area contributed by atoms with Crippen LogP contribution in [-0.2, 0) is 9.59 Å². The Morgan fingerprint density at radius 2 is 1.82 bits per heavy atom. The van der Waals surface area contributed by atoms with Gasteiger partial charge in [0.25, 0.3) is 0 Å². The highest BCUT2D eigenvalue weighted by Crippen LogP contribution is 2.42. The molecule has 1 saturated heterocycles. The van der Waals surface area contributed by atoms with E-state index in [0.29, 0.717) is 12.1 Å². The predicted octanol–water partition coefficient (Wildman–Crippen LogP) is 2.48. The number of carboxylic acid groups (broad SMARTS) is 1. The van der Waals surface area contributed by atoms with Gasteiger partial charge in [-0.1, -0.05) is 18.6 Å². The van der Waals surface area contributed by atoms with E-state index in [1.165, 1.54) is 29.2 Å². The maximum Gasteiger partial charge on any atom is 0.335 e. The number of benzene rings is 1. The van der Waals surface area contributed by atoms with Crippen molar-refractivity contribution in [2.75, 3.05) is 4.90 Å². The minimum atomic E-state index is -1.03. The Morgan fingerprint density at radius 1 is 1.18 bits per heavy atom. The summed E-state index contributed by atoms with van der Waals surface area (Å²) in [4.78, 5) is 37.4. The van der Waals surface area contributed by atoms with Crippen LogP contribution in [-0.4, -0.2) is 22.9 Å². The fraction of sp³-hybridized carbons (Fsp3) is 0.353. The van der Waals surface area contributed by atoms with Crippen LogP contribution < -0.4 is 4.90 Å². The van der Waals surface area contributed by atoms with E-state index in [1.54, 1.807) is 0 Å². The first-order chi connectivity index (χ1) is 10.4. The summed E-state index contributed by atoms with van der Waals surface area (Å²) < 4.78 is 0. The lowest BCUT2D eigenvalue weighted by Gasteiger charge is -2.25. The van der Waals surface area contributed by atoms with Gasteiger partial charge < -0.3 is 5.11 Å². The van der Waals surface area contributed by atoms with Crippen molar-refractivity contribution in [3.63, 3.8) is 0 Å². The molecule has 1 fully saturated rings. The lowest BCUT2D eigenvalue weighted by molar-refractivity contribution is -0.122. The van der Waals surface area contributed by atoms with Crippen molar-refractivity contribution in [2.45, 2.75) is 20.3 Å². The number of aromatic carboxylic acids is 1. The van der Waals surface area contributed by atoms with Gasteiger partial charge in [-0.2, -0.15) is 0 Å². The summed E-state index contributed by atoms with van der Waals surface area (Å²) in [5.74, 6) is -1.97. The number of anilines is 1. The third-order valence-corrected chi connectivity index (χ3v) is 4.50. The van der Waals surface area contributed by atoms with Crippen LogP contribution >= 0.6 is 0 Å². The van der Waals surface area contributed by atoms with Crippen LogP contribution in [0.2, 0.25) is 0 Å². The van der Waals surface area contributed by atoms with Gasteiger partial charge in [0, 0.05) is 0 Å². The number of allylic oxidation sites excluding steroid dienone is 2. The molecule has 1 aromatic carbocycles. The number of imide groups is 1. The van der Waals surface area contributed by atoms with Crippen LogP contribution in [0.15, 0.2) is 35.9 Å². The number of carbonyl (C=O) groups excluding carboxylic acids is 2. The van der Waals surface area contributed by atoms with E-state index in [0.717, 1.165) is 5.57 Å². The van der Waals surface area contributed by atoms with E-state index < -0.39 is 5.97 Å². The van der Waals surface area contributed by atoms with Gasteiger partial charge in [0.2, 0.25) is 11.8 Å². The third-order valence-electron chi connectivity index (χ3n) is 4.50. The second kappa shape index (κ2) is 5.09. The highest BCUT2D eigenvalue weighted by molar-refractivity contribution is 6.22. The summed E-state index contributed by atoms with van der Waals surface area (Å²) in [6, 6.07) is 5.85. The normalized spacial score (nSPS) is 27.6. The molecular weight excluding hydrogens is 282 g/mol. The molecule has 22 heavy (non-hydrogen) atoms. The molecule has 0 aromatic heterocycles. The summed E-state index contributed by atoms with van der Waals surface area (Å²) in [5, 5.41) is 8.92. The molecule has 1 aromatic rings. The standard InChI is InChI=1S/C17H17NO4/c1-9-7-10(2)14-13(8-9)15(19)18(16(14)20)12-5-3-11(4-6-12)17(21)22/h3-7,10,13-14H,8H2,1-2H3,(H,21,22)/t10-,13-,14+/m0/s1. The number of nitrogens with zero attached hydrogens (tertiary/aromatic N) is 1. The number of rotatable bonds is 2. The summed E-state index contributed by atoms with van der Waals surface area (Å²) in [7, 11) is 0. The highest BCUT2D eigenvalue weighted by Gasteiger charge is 2.51. The minimum absolute atomic E-state index is 0.0403. The van der Waals surface area contributed by atoms with Gasteiger partial charge >= 0.3 is 5.97 Å². The molecular formula is C17H17NO4. The van der Waals surface area contributed by atoms with Crippen molar-refractivity contribution in [2.24, 2.45) is 17.8 Å². The van der Waals surface area contributed by atoms with Crippen molar-refractivity contribution in [3.8, 4) is 0 Å². The maximum atomic E-state index is 12.6. The van der Waals surface area contributed by atoms with Gasteiger partial charge in [0.05, 0.1) is 23.1 Å². The van der Waals surface area contributed by atoms with Crippen LogP contribution in [0.3, 0.4) is 0 Å². The SMILES string of the molecule is CC1=C[C@H](C)[C@H]2C(=O)N(c3ccc(C(=O)O)cc3)C(=O)[C@H]2C1. The fourth-order valence-corrected chi connectivity index (χ4v) is 3.53. The Morgan fingerprint density at radius 3 is 2.41 bits per heavy atom. The van der Waals surface area contributed by atoms with Crippen molar-refractivity contribution in [1.29, 1.82) is 0 Å². The number of hydrogen-bond donors (Lipinski definition) is 1. The Labute approximate surface area is 128 Å². The number of hydrogen-bond acceptors (Lipinski definition) is 3. The van der Waals surface area contributed by atoms with Gasteiger partial charge in [-0.25, -0.2) is 4.79 Å². The molecule has 1 heterocycles. The van der Waals surface area contributed by atoms with Crippen molar-refractivity contribution in [3.05, 3.63) is 41.5 Å². The molecule has 2 aliphatic rings. The number of carbonyl (C=O) groups is 3. The van der Waals surface area contributed by atoms with Gasteiger partial charge in [-0.15, -0.1) is 0 Å². The van der Waals surface area contributed by atoms with Crippen molar-refractivity contribution >= 4 is 23.5 Å². The largest absolute Gasteiger partial charge is 0.478 e. The molecule has 5 heteroatoms. The zero-order valence-corrected chi connectivity index (χ0v) is 12.4. The van der Waals surface area contributed by atoms with E-state index in [9.17, 15) is 14.4 Å². The topological polar surface area (TPSA) is 74.7 Å². The van der Waals surface area contributed by atoms with Crippen LogP contribution in [0, 0.1) is 17.8 Å². The molecule has 0 spiro atoms. The number of amides is 2. The summed E-state index contributed by atoms with van der Waals surface area (Å²) in [6.07, 6.45) is 2.67. The van der Waals surface area contributed by atoms with Crippen LogP contribution in [0.5, 0.6) is 0 Å². The third kappa shape index (κ3) is 2.13. The second-order valence-electron chi connectivity index (χ2n) is 6.07. The first-order valence-electron chi connectivity index (χ1n) is 7.28. The van der Waals surface area contributed by atoms with Gasteiger partial charge in [0.15, 0.2) is 0 Å². The Balaban J connectivity index is 1.94. The lowest BCUT2D eigenvalue weighted by Crippen LogP contribution is -2.31. The number of fused-ring (bicyclic) bond motifs is 1. The molecule has 0 radical (unpaired) electrons. The molecule has 1 aliphatic carbocycles. The van der Waals surface area contributed by atoms with E-state index in [-0.39, 0.29) is 35.1 Å². The zero-order valence-electron chi connectivity index (χ0n) is 12.4. The highest BCUT2D eigenvalue weighted by atomic mass is 16.4. The summed E-state index contributed by atoms with van der Waals surface area (Å²) >= 11 is 0. The molecule has 2 amide bonds. The Kier molecular flexibility index (Phi) is 3.35. The molecule has 3 atom stereocenters. The number of carboxylic acids is 1. The maximum absolute atomic E-state index is 12.6. The van der Waals surface area contributed by atoms with E-state index in [2.05, 4.69) is 6.08 Å². The molecule has 5 nitrogen and oxygen atoms in total. The fourth-order valence-electron chi connectivity index (χ4n) is 3.53. The summed E-state index contributed by atoms with van der Waals surface area (Å²) in [5.41, 5.74) is 1.71. The van der Waals surface area contributed by atoms with Gasteiger partial charge in [-0.3, -0.25) is 14.5 Å². The Bertz CT molecular complexity index is 689. The predicted molar refractivity (Wildman–Crippen MR) is 80.4 cm³/mol. The monoisotopic (exact) mass is 299 g/mol. The first-order valence-corrected chi connectivity index (χ1v) is 7.28. The van der Waals surface area contributed by atoms with Crippen LogP contribution in [0.25, 0.3) is 0 Å². The molecule has 0 saturated carbocycles. The van der Waals surface area contributed by atoms with Crippen LogP contribution in [0.4, 0.5) is 5.69 Å². The average Bonchev–Trinajstić information content (AvgIpc) is 2.70. The van der Waals surface area contributed by atoms with Crippen molar-refractivity contribution in [1.82, 2.24) is 0 Å². The molecule has 1 aliphatic heterocycles. The first kappa shape index (κ1) is 14.5. The molecule has 1 N–H and O–H groups in total. The quantitative estimate of drug-likeness (QED) is 0.672. The average molecular weight is 299 g/mol. The molecule has 0 unspecified atom stereocenters. The smallest absolute Gasteiger partial charge is 0.335 e.